The predicted octanol–water partition coefficient (Wildman–Crippen LogP) is 3.81. The number of benzene rings is 2. The molecule has 0 saturated heterocycles. The molecule has 28 heavy (non-hydrogen) atoms. The van der Waals surface area contributed by atoms with Crippen molar-refractivity contribution in [1.29, 1.82) is 0 Å². The van der Waals surface area contributed by atoms with Gasteiger partial charge in [0.2, 0.25) is 0 Å². The van der Waals surface area contributed by atoms with Crippen LogP contribution in [0, 0.1) is 10.1 Å². The molecule has 0 bridgehead atoms. The molecule has 2 aromatic carbocycles. The summed E-state index contributed by atoms with van der Waals surface area (Å²) in [5.41, 5.74) is 1.07. The number of ether oxygens (including phenoxy) is 2. The quantitative estimate of drug-likeness (QED) is 0.526. The lowest BCUT2D eigenvalue weighted by Gasteiger charge is -2.18. The van der Waals surface area contributed by atoms with Gasteiger partial charge in [0.15, 0.2) is 0 Å². The first-order valence-electron chi connectivity index (χ1n) is 8.44. The molecule has 1 N–H and O–H groups in total. The van der Waals surface area contributed by atoms with Crippen LogP contribution in [0.4, 0.5) is 10.5 Å². The molecule has 0 fully saturated rings. The molecule has 8 nitrogen and oxygen atoms in total. The Balaban J connectivity index is 0.00000392. The van der Waals surface area contributed by atoms with E-state index in [0.29, 0.717) is 24.5 Å². The first kappa shape index (κ1) is 23.2. The fourth-order valence-electron chi connectivity index (χ4n) is 2.40. The molecular formula is C19H24ClN3O5. The zero-order valence-corrected chi connectivity index (χ0v) is 16.8. The normalized spacial score (nSPS) is 11.1. The summed E-state index contributed by atoms with van der Waals surface area (Å²) in [5.74, 6) is 1.07. The lowest BCUT2D eigenvalue weighted by atomic mass is 10.0. The van der Waals surface area contributed by atoms with Crippen molar-refractivity contribution in [1.82, 2.24) is 10.2 Å². The first-order valence-corrected chi connectivity index (χ1v) is 8.44. The van der Waals surface area contributed by atoms with Crippen LogP contribution >= 0.6 is 12.4 Å². The molecule has 0 saturated carbocycles. The van der Waals surface area contributed by atoms with Crippen LogP contribution in [0.3, 0.4) is 0 Å². The third kappa shape index (κ3) is 6.71. The van der Waals surface area contributed by atoms with Gasteiger partial charge < -0.3 is 19.7 Å². The molecule has 0 aliphatic heterocycles. The van der Waals surface area contributed by atoms with Gasteiger partial charge in [0.05, 0.1) is 11.5 Å². The van der Waals surface area contributed by atoms with Crippen molar-refractivity contribution >= 4 is 24.2 Å². The minimum atomic E-state index is -0.444. The number of amides is 1. The van der Waals surface area contributed by atoms with Gasteiger partial charge in [-0.3, -0.25) is 10.1 Å². The van der Waals surface area contributed by atoms with Gasteiger partial charge in [-0.15, -0.1) is 12.4 Å². The first-order chi connectivity index (χ1) is 12.9. The van der Waals surface area contributed by atoms with E-state index in [1.165, 1.54) is 17.0 Å². The van der Waals surface area contributed by atoms with E-state index in [1.54, 1.807) is 38.4 Å². The van der Waals surface area contributed by atoms with Crippen molar-refractivity contribution in [3.05, 3.63) is 64.2 Å². The Bertz CT molecular complexity index is 766. The molecule has 1 unspecified atom stereocenters. The Labute approximate surface area is 170 Å². The van der Waals surface area contributed by atoms with Crippen molar-refractivity contribution < 1.29 is 19.2 Å². The van der Waals surface area contributed by atoms with Gasteiger partial charge in [0.25, 0.3) is 5.69 Å². The number of carbonyl (C=O) groups excluding carboxylic acids is 1. The summed E-state index contributed by atoms with van der Waals surface area (Å²) in [6.45, 7) is 0.445. The van der Waals surface area contributed by atoms with Gasteiger partial charge in [-0.2, -0.15) is 0 Å². The van der Waals surface area contributed by atoms with Crippen LogP contribution in [0.2, 0.25) is 0 Å². The molecule has 2 aromatic rings. The molecule has 0 spiro atoms. The largest absolute Gasteiger partial charge is 0.494 e. The Morgan fingerprint density at radius 3 is 2.18 bits per heavy atom. The number of nitro benzene ring substituents is 1. The molecule has 9 heteroatoms. The third-order valence-corrected chi connectivity index (χ3v) is 3.92. The van der Waals surface area contributed by atoms with Crippen molar-refractivity contribution in [3.8, 4) is 11.5 Å². The summed E-state index contributed by atoms with van der Waals surface area (Å²) in [4.78, 5) is 23.1. The maximum atomic E-state index is 11.6. The standard InChI is InChI=1S/C19H23N3O5.ClH/c1-20-18(12-13-26-16-10-6-15(7-11-16)22(24)25)14-4-8-17(9-5-14)27-19(23)21(2)3;/h4-11,18,20H,12-13H2,1-3H3;1H. The number of hydrogen-bond donors (Lipinski definition) is 1. The fourth-order valence-corrected chi connectivity index (χ4v) is 2.40. The highest BCUT2D eigenvalue weighted by atomic mass is 35.5. The Morgan fingerprint density at radius 2 is 1.68 bits per heavy atom. The Kier molecular flexibility index (Phi) is 9.20. The predicted molar refractivity (Wildman–Crippen MR) is 108 cm³/mol. The van der Waals surface area contributed by atoms with Gasteiger partial charge in [-0.05, 0) is 36.9 Å². The zero-order valence-electron chi connectivity index (χ0n) is 16.0. The average Bonchev–Trinajstić information content (AvgIpc) is 2.66. The van der Waals surface area contributed by atoms with Gasteiger partial charge >= 0.3 is 6.09 Å². The van der Waals surface area contributed by atoms with E-state index < -0.39 is 11.0 Å². The van der Waals surface area contributed by atoms with E-state index in [-0.39, 0.29) is 24.1 Å². The second-order valence-corrected chi connectivity index (χ2v) is 6.06. The average molecular weight is 410 g/mol. The van der Waals surface area contributed by atoms with Crippen LogP contribution in [-0.2, 0) is 0 Å². The topological polar surface area (TPSA) is 93.9 Å². The van der Waals surface area contributed by atoms with Crippen molar-refractivity contribution in [3.63, 3.8) is 0 Å². The van der Waals surface area contributed by atoms with Gasteiger partial charge in [-0.25, -0.2) is 4.79 Å². The minimum Gasteiger partial charge on any atom is -0.494 e. The van der Waals surface area contributed by atoms with Gasteiger partial charge in [-0.1, -0.05) is 12.1 Å². The van der Waals surface area contributed by atoms with Crippen LogP contribution in [0.15, 0.2) is 48.5 Å². The van der Waals surface area contributed by atoms with Crippen molar-refractivity contribution in [2.45, 2.75) is 12.5 Å². The number of nitrogens with one attached hydrogen (secondary N) is 1. The summed E-state index contributed by atoms with van der Waals surface area (Å²) < 4.78 is 10.9. The van der Waals surface area contributed by atoms with Gasteiger partial charge in [0.1, 0.15) is 11.5 Å². The zero-order chi connectivity index (χ0) is 19.8. The monoisotopic (exact) mass is 409 g/mol. The Hall–Kier alpha value is -2.84. The summed E-state index contributed by atoms with van der Waals surface area (Å²) in [7, 11) is 5.11. The van der Waals surface area contributed by atoms with Crippen LogP contribution in [0.5, 0.6) is 11.5 Å². The molecule has 0 aliphatic rings. The van der Waals surface area contributed by atoms with Crippen LogP contribution in [0.1, 0.15) is 18.0 Å². The third-order valence-electron chi connectivity index (χ3n) is 3.92. The number of nitrogens with zero attached hydrogens (tertiary/aromatic N) is 2. The second kappa shape index (κ2) is 11.1. The van der Waals surface area contributed by atoms with E-state index >= 15 is 0 Å². The second-order valence-electron chi connectivity index (χ2n) is 6.06. The highest BCUT2D eigenvalue weighted by molar-refractivity contribution is 5.85. The summed E-state index contributed by atoms with van der Waals surface area (Å²) >= 11 is 0. The minimum absolute atomic E-state index is 0. The maximum Gasteiger partial charge on any atom is 0.414 e. The summed E-state index contributed by atoms with van der Waals surface area (Å²) in [6, 6.07) is 13.3. The molecule has 2 rings (SSSR count). The van der Waals surface area contributed by atoms with E-state index in [9.17, 15) is 14.9 Å². The molecule has 1 amide bonds. The maximum absolute atomic E-state index is 11.6. The number of nitro groups is 1. The smallest absolute Gasteiger partial charge is 0.414 e. The molecular weight excluding hydrogens is 386 g/mol. The summed E-state index contributed by atoms with van der Waals surface area (Å²) in [6.07, 6.45) is 0.272. The molecule has 0 aromatic heterocycles. The summed E-state index contributed by atoms with van der Waals surface area (Å²) in [5, 5.41) is 13.9. The lowest BCUT2D eigenvalue weighted by molar-refractivity contribution is -0.384. The number of halogens is 1. The van der Waals surface area contributed by atoms with Crippen LogP contribution in [-0.4, -0.2) is 43.7 Å². The molecule has 0 heterocycles. The van der Waals surface area contributed by atoms with Gasteiger partial charge in [0, 0.05) is 38.7 Å². The number of carbonyl (C=O) groups is 1. The lowest BCUT2D eigenvalue weighted by Crippen LogP contribution is -2.25. The molecule has 152 valence electrons. The van der Waals surface area contributed by atoms with E-state index in [2.05, 4.69) is 5.32 Å². The van der Waals surface area contributed by atoms with E-state index in [0.717, 1.165) is 5.56 Å². The van der Waals surface area contributed by atoms with E-state index in [4.69, 9.17) is 9.47 Å². The molecule has 1 atom stereocenters. The van der Waals surface area contributed by atoms with Crippen LogP contribution in [0.25, 0.3) is 0 Å². The van der Waals surface area contributed by atoms with E-state index in [1.807, 2.05) is 19.2 Å². The number of rotatable bonds is 8. The van der Waals surface area contributed by atoms with Crippen LogP contribution < -0.4 is 14.8 Å². The SMILES string of the molecule is CNC(CCOc1ccc([N+](=O)[O-])cc1)c1ccc(OC(=O)N(C)C)cc1.Cl. The van der Waals surface area contributed by atoms with Crippen molar-refractivity contribution in [2.75, 3.05) is 27.7 Å². The fraction of sp³-hybridized carbons (Fsp3) is 0.316. The molecule has 0 radical (unpaired) electrons. The highest BCUT2D eigenvalue weighted by Crippen LogP contribution is 2.22. The van der Waals surface area contributed by atoms with Crippen molar-refractivity contribution in [2.24, 2.45) is 0 Å². The number of hydrogen-bond acceptors (Lipinski definition) is 6. The Morgan fingerprint density at radius 1 is 1.11 bits per heavy atom. The molecule has 0 aliphatic carbocycles. The number of non-ortho nitro benzene ring substituents is 1. The highest BCUT2D eigenvalue weighted by Gasteiger charge is 2.12.